The average molecular weight is 430 g/mol. The molecule has 0 aliphatic rings. The molecule has 3 aromatic carbocycles. The molecule has 30 heavy (non-hydrogen) atoms. The first-order chi connectivity index (χ1) is 14.6. The second kappa shape index (κ2) is 10.9. The maximum atomic E-state index is 13.8. The van der Waals surface area contributed by atoms with Crippen LogP contribution in [0.4, 0.5) is 4.39 Å². The predicted octanol–water partition coefficient (Wildman–Crippen LogP) is 5.41. The Morgan fingerprint density at radius 1 is 0.867 bits per heavy atom. The summed E-state index contributed by atoms with van der Waals surface area (Å²) in [5.41, 5.74) is 2.58. The van der Waals surface area contributed by atoms with Gasteiger partial charge in [-0.1, -0.05) is 35.9 Å². The van der Waals surface area contributed by atoms with E-state index in [2.05, 4.69) is 5.32 Å². The number of ether oxygens (including phenoxy) is 3. The summed E-state index contributed by atoms with van der Waals surface area (Å²) in [7, 11) is 3.25. The Bertz CT molecular complexity index is 980. The number of methoxy groups -OCH3 is 2. The first-order valence-electron chi connectivity index (χ1n) is 9.67. The van der Waals surface area contributed by atoms with Crippen LogP contribution in [0.1, 0.15) is 16.7 Å². The molecule has 0 atom stereocenters. The molecule has 3 aromatic rings. The van der Waals surface area contributed by atoms with E-state index in [1.54, 1.807) is 38.5 Å². The van der Waals surface area contributed by atoms with Crippen LogP contribution in [0.5, 0.6) is 17.2 Å². The molecule has 6 heteroatoms. The van der Waals surface area contributed by atoms with Crippen molar-refractivity contribution in [3.05, 3.63) is 88.2 Å². The minimum Gasteiger partial charge on any atom is -0.493 e. The summed E-state index contributed by atoms with van der Waals surface area (Å²) >= 11 is 6.16. The highest BCUT2D eigenvalue weighted by Crippen LogP contribution is 2.28. The zero-order chi connectivity index (χ0) is 21.3. The third kappa shape index (κ3) is 5.88. The number of rotatable bonds is 10. The van der Waals surface area contributed by atoms with Crippen molar-refractivity contribution in [3.8, 4) is 17.2 Å². The van der Waals surface area contributed by atoms with E-state index in [-0.39, 0.29) is 12.4 Å². The van der Waals surface area contributed by atoms with Gasteiger partial charge in [0.2, 0.25) is 0 Å². The molecule has 0 heterocycles. The third-order valence-electron chi connectivity index (χ3n) is 4.72. The SMILES string of the molecule is COc1ccc(CCNCc2cc(Cl)ccc2OCc2ccccc2F)cc1OC. The minimum atomic E-state index is -0.277. The van der Waals surface area contributed by atoms with Gasteiger partial charge in [0.05, 0.1) is 14.2 Å². The molecule has 0 saturated heterocycles. The molecule has 0 aliphatic heterocycles. The number of hydrogen-bond acceptors (Lipinski definition) is 4. The predicted molar refractivity (Wildman–Crippen MR) is 117 cm³/mol. The van der Waals surface area contributed by atoms with Crippen molar-refractivity contribution in [2.45, 2.75) is 19.6 Å². The number of nitrogens with one attached hydrogen (secondary N) is 1. The van der Waals surface area contributed by atoms with Gasteiger partial charge >= 0.3 is 0 Å². The molecule has 0 aliphatic carbocycles. The van der Waals surface area contributed by atoms with Gasteiger partial charge in [-0.25, -0.2) is 4.39 Å². The van der Waals surface area contributed by atoms with Gasteiger partial charge in [0.25, 0.3) is 0 Å². The van der Waals surface area contributed by atoms with Crippen LogP contribution in [0.3, 0.4) is 0 Å². The summed E-state index contributed by atoms with van der Waals surface area (Å²) in [6.07, 6.45) is 0.826. The monoisotopic (exact) mass is 429 g/mol. The number of halogens is 2. The van der Waals surface area contributed by atoms with Crippen LogP contribution < -0.4 is 19.5 Å². The topological polar surface area (TPSA) is 39.7 Å². The van der Waals surface area contributed by atoms with Gasteiger partial charge in [-0.2, -0.15) is 0 Å². The lowest BCUT2D eigenvalue weighted by atomic mass is 10.1. The molecule has 0 bridgehead atoms. The molecular formula is C24H25ClFNO3. The molecule has 0 radical (unpaired) electrons. The van der Waals surface area contributed by atoms with Crippen LogP contribution >= 0.6 is 11.6 Å². The Balaban J connectivity index is 1.57. The quantitative estimate of drug-likeness (QED) is 0.437. The Kier molecular flexibility index (Phi) is 7.94. The standard InChI is InChI=1S/C24H25ClFNO3/c1-28-23-9-7-17(13-24(23)29-2)11-12-27-15-19-14-20(25)8-10-22(19)30-16-18-5-3-4-6-21(18)26/h3-10,13-14,27H,11-12,15-16H2,1-2H3. The number of hydrogen-bond donors (Lipinski definition) is 1. The summed E-state index contributed by atoms with van der Waals surface area (Å²) < 4.78 is 30.3. The van der Waals surface area contributed by atoms with Crippen LogP contribution in [-0.2, 0) is 19.6 Å². The van der Waals surface area contributed by atoms with Gasteiger partial charge in [0.1, 0.15) is 18.2 Å². The molecule has 0 saturated carbocycles. The van der Waals surface area contributed by atoms with Crippen molar-refractivity contribution in [2.75, 3.05) is 20.8 Å². The average Bonchev–Trinajstić information content (AvgIpc) is 2.77. The molecule has 3 rings (SSSR count). The maximum Gasteiger partial charge on any atom is 0.160 e. The normalized spacial score (nSPS) is 10.7. The van der Waals surface area contributed by atoms with Crippen LogP contribution in [0, 0.1) is 5.82 Å². The van der Waals surface area contributed by atoms with Gasteiger partial charge in [-0.05, 0) is 54.9 Å². The molecular weight excluding hydrogens is 405 g/mol. The highest BCUT2D eigenvalue weighted by Gasteiger charge is 2.08. The molecule has 0 aromatic heterocycles. The lowest BCUT2D eigenvalue weighted by Crippen LogP contribution is -2.17. The highest BCUT2D eigenvalue weighted by atomic mass is 35.5. The molecule has 158 valence electrons. The molecule has 0 fully saturated rings. The Hall–Kier alpha value is -2.76. The van der Waals surface area contributed by atoms with E-state index in [9.17, 15) is 4.39 Å². The molecule has 4 nitrogen and oxygen atoms in total. The van der Waals surface area contributed by atoms with Gasteiger partial charge in [-0.3, -0.25) is 0 Å². The Morgan fingerprint density at radius 2 is 1.63 bits per heavy atom. The Morgan fingerprint density at radius 3 is 2.40 bits per heavy atom. The third-order valence-corrected chi connectivity index (χ3v) is 4.95. The first kappa shape index (κ1) is 21.9. The fourth-order valence-corrected chi connectivity index (χ4v) is 3.28. The zero-order valence-electron chi connectivity index (χ0n) is 17.1. The summed E-state index contributed by atoms with van der Waals surface area (Å²) in [4.78, 5) is 0. The van der Waals surface area contributed by atoms with E-state index in [0.717, 1.165) is 24.1 Å². The van der Waals surface area contributed by atoms with Crippen LogP contribution in [0.2, 0.25) is 5.02 Å². The van der Waals surface area contributed by atoms with E-state index >= 15 is 0 Å². The van der Waals surface area contributed by atoms with Crippen molar-refractivity contribution in [1.29, 1.82) is 0 Å². The zero-order valence-corrected chi connectivity index (χ0v) is 17.8. The van der Waals surface area contributed by atoms with E-state index < -0.39 is 0 Å². The van der Waals surface area contributed by atoms with E-state index in [4.69, 9.17) is 25.8 Å². The maximum absolute atomic E-state index is 13.8. The lowest BCUT2D eigenvalue weighted by Gasteiger charge is -2.14. The second-order valence-corrected chi connectivity index (χ2v) is 7.18. The van der Waals surface area contributed by atoms with Crippen LogP contribution in [-0.4, -0.2) is 20.8 Å². The van der Waals surface area contributed by atoms with Crippen molar-refractivity contribution >= 4 is 11.6 Å². The highest BCUT2D eigenvalue weighted by molar-refractivity contribution is 6.30. The van der Waals surface area contributed by atoms with Crippen molar-refractivity contribution in [2.24, 2.45) is 0 Å². The Labute approximate surface area is 181 Å². The van der Waals surface area contributed by atoms with Gasteiger partial charge in [0.15, 0.2) is 11.5 Å². The number of benzene rings is 3. The molecule has 0 spiro atoms. The second-order valence-electron chi connectivity index (χ2n) is 6.75. The van der Waals surface area contributed by atoms with E-state index in [1.165, 1.54) is 6.07 Å². The van der Waals surface area contributed by atoms with E-state index in [0.29, 0.717) is 34.4 Å². The van der Waals surface area contributed by atoms with Gasteiger partial charge in [0, 0.05) is 22.7 Å². The largest absolute Gasteiger partial charge is 0.493 e. The van der Waals surface area contributed by atoms with Crippen molar-refractivity contribution in [3.63, 3.8) is 0 Å². The van der Waals surface area contributed by atoms with Gasteiger partial charge in [-0.15, -0.1) is 0 Å². The van der Waals surface area contributed by atoms with E-state index in [1.807, 2.05) is 30.3 Å². The first-order valence-corrected chi connectivity index (χ1v) is 10.0. The summed E-state index contributed by atoms with van der Waals surface area (Å²) in [5.74, 6) is 1.83. The van der Waals surface area contributed by atoms with Crippen molar-refractivity contribution in [1.82, 2.24) is 5.32 Å². The molecule has 0 amide bonds. The lowest BCUT2D eigenvalue weighted by molar-refractivity contribution is 0.296. The minimum absolute atomic E-state index is 0.160. The molecule has 0 unspecified atom stereocenters. The van der Waals surface area contributed by atoms with Crippen LogP contribution in [0.25, 0.3) is 0 Å². The fraction of sp³-hybridized carbons (Fsp3) is 0.250. The summed E-state index contributed by atoms with van der Waals surface area (Å²) in [6.45, 7) is 1.50. The fourth-order valence-electron chi connectivity index (χ4n) is 3.09. The summed E-state index contributed by atoms with van der Waals surface area (Å²) in [6, 6.07) is 17.9. The van der Waals surface area contributed by atoms with Crippen molar-refractivity contribution < 1.29 is 18.6 Å². The van der Waals surface area contributed by atoms with Crippen LogP contribution in [0.15, 0.2) is 60.7 Å². The molecule has 1 N–H and O–H groups in total. The van der Waals surface area contributed by atoms with Gasteiger partial charge < -0.3 is 19.5 Å². The smallest absolute Gasteiger partial charge is 0.160 e. The summed E-state index contributed by atoms with van der Waals surface area (Å²) in [5, 5.41) is 4.04.